The van der Waals surface area contributed by atoms with Crippen LogP contribution in [0.3, 0.4) is 0 Å². The number of hydrogen-bond acceptors (Lipinski definition) is 3. The van der Waals surface area contributed by atoms with E-state index in [2.05, 4.69) is 17.4 Å². The van der Waals surface area contributed by atoms with E-state index in [1.807, 2.05) is 23.9 Å². The van der Waals surface area contributed by atoms with Gasteiger partial charge in [-0.2, -0.15) is 0 Å². The first-order valence-electron chi connectivity index (χ1n) is 6.24. The van der Waals surface area contributed by atoms with Crippen LogP contribution in [0.15, 0.2) is 29.2 Å². The molecule has 1 aliphatic carbocycles. The van der Waals surface area contributed by atoms with Crippen LogP contribution in [0.25, 0.3) is 0 Å². The summed E-state index contributed by atoms with van der Waals surface area (Å²) in [5.41, 5.74) is 0.801. The molecular formula is C14H19NOS. The van der Waals surface area contributed by atoms with E-state index in [0.717, 1.165) is 10.8 Å². The predicted molar refractivity (Wildman–Crippen MR) is 72.8 cm³/mol. The van der Waals surface area contributed by atoms with Gasteiger partial charge >= 0.3 is 0 Å². The normalized spacial score (nSPS) is 16.3. The molecule has 2 nitrogen and oxygen atoms in total. The number of thioether (sulfide) groups is 1. The Morgan fingerprint density at radius 2 is 1.94 bits per heavy atom. The van der Waals surface area contributed by atoms with Crippen LogP contribution in [-0.2, 0) is 0 Å². The number of likely N-dealkylation sites (N-methyl/N-ethyl adjacent to an activating group) is 1. The Labute approximate surface area is 107 Å². The van der Waals surface area contributed by atoms with Crippen LogP contribution < -0.4 is 5.32 Å². The minimum absolute atomic E-state index is 0.157. The number of rotatable bonds is 5. The summed E-state index contributed by atoms with van der Waals surface area (Å²) in [7, 11) is 1.79. The topological polar surface area (TPSA) is 29.1 Å². The molecule has 17 heavy (non-hydrogen) atoms. The van der Waals surface area contributed by atoms with Crippen molar-refractivity contribution in [1.82, 2.24) is 5.32 Å². The van der Waals surface area contributed by atoms with Gasteiger partial charge in [-0.3, -0.25) is 4.79 Å². The minimum atomic E-state index is 0.157. The van der Waals surface area contributed by atoms with Gasteiger partial charge in [-0.15, -0.1) is 11.8 Å². The van der Waals surface area contributed by atoms with E-state index in [1.54, 1.807) is 7.05 Å². The third-order valence-electron chi connectivity index (χ3n) is 3.12. The second-order valence-corrected chi connectivity index (χ2v) is 5.88. The Kier molecular flexibility index (Phi) is 4.63. The lowest BCUT2D eigenvalue weighted by Crippen LogP contribution is -2.18. The van der Waals surface area contributed by atoms with Gasteiger partial charge in [0.15, 0.2) is 5.78 Å². The Hall–Kier alpha value is -0.800. The van der Waals surface area contributed by atoms with Crippen molar-refractivity contribution in [2.45, 2.75) is 35.8 Å². The Morgan fingerprint density at radius 3 is 2.53 bits per heavy atom. The van der Waals surface area contributed by atoms with E-state index in [4.69, 9.17) is 0 Å². The van der Waals surface area contributed by atoms with Crippen LogP contribution in [0.5, 0.6) is 0 Å². The zero-order valence-corrected chi connectivity index (χ0v) is 11.1. The first-order chi connectivity index (χ1) is 8.29. The summed E-state index contributed by atoms with van der Waals surface area (Å²) in [6.07, 6.45) is 5.42. The van der Waals surface area contributed by atoms with Crippen molar-refractivity contribution in [2.75, 3.05) is 13.6 Å². The minimum Gasteiger partial charge on any atom is -0.313 e. The molecule has 0 heterocycles. The van der Waals surface area contributed by atoms with Crippen molar-refractivity contribution < 1.29 is 4.79 Å². The van der Waals surface area contributed by atoms with E-state index in [-0.39, 0.29) is 5.78 Å². The number of hydrogen-bond donors (Lipinski definition) is 1. The van der Waals surface area contributed by atoms with Crippen molar-refractivity contribution in [3.63, 3.8) is 0 Å². The predicted octanol–water partition coefficient (Wildman–Crippen LogP) is 3.12. The first-order valence-corrected chi connectivity index (χ1v) is 7.12. The molecule has 1 aromatic carbocycles. The highest BCUT2D eigenvalue weighted by Gasteiger charge is 2.16. The molecule has 1 N–H and O–H groups in total. The highest BCUT2D eigenvalue weighted by atomic mass is 32.2. The second-order valence-electron chi connectivity index (χ2n) is 4.50. The number of carbonyl (C=O) groups is 1. The average Bonchev–Trinajstić information content (AvgIpc) is 2.83. The number of Topliss-reactive ketones (excluding diaryl/α,β-unsaturated/α-hetero) is 1. The molecule has 1 aliphatic rings. The van der Waals surface area contributed by atoms with E-state index in [1.165, 1.54) is 30.6 Å². The summed E-state index contributed by atoms with van der Waals surface area (Å²) in [6.45, 7) is 0.412. The fraction of sp³-hybridized carbons (Fsp3) is 0.500. The van der Waals surface area contributed by atoms with Gasteiger partial charge in [-0.1, -0.05) is 25.0 Å². The van der Waals surface area contributed by atoms with Crippen LogP contribution in [0.1, 0.15) is 36.0 Å². The number of ketones is 1. The van der Waals surface area contributed by atoms with Crippen LogP contribution in [0.4, 0.5) is 0 Å². The molecule has 2 rings (SSSR count). The third-order valence-corrected chi connectivity index (χ3v) is 4.47. The third kappa shape index (κ3) is 3.58. The smallest absolute Gasteiger partial charge is 0.176 e. The largest absolute Gasteiger partial charge is 0.313 e. The maximum absolute atomic E-state index is 11.6. The molecule has 1 saturated carbocycles. The van der Waals surface area contributed by atoms with Gasteiger partial charge < -0.3 is 5.32 Å². The number of nitrogens with one attached hydrogen (secondary N) is 1. The number of carbonyl (C=O) groups excluding carboxylic acids is 1. The van der Waals surface area contributed by atoms with Crippen molar-refractivity contribution in [2.24, 2.45) is 0 Å². The van der Waals surface area contributed by atoms with E-state index in [0.29, 0.717) is 6.54 Å². The molecule has 0 amide bonds. The fourth-order valence-electron chi connectivity index (χ4n) is 2.18. The van der Waals surface area contributed by atoms with Crippen LogP contribution in [-0.4, -0.2) is 24.6 Å². The molecule has 0 bridgehead atoms. The monoisotopic (exact) mass is 249 g/mol. The summed E-state index contributed by atoms with van der Waals surface area (Å²) >= 11 is 1.96. The fourth-order valence-corrected chi connectivity index (χ4v) is 3.43. The summed E-state index contributed by atoms with van der Waals surface area (Å²) in [5, 5.41) is 3.67. The molecule has 0 atom stereocenters. The lowest BCUT2D eigenvalue weighted by Gasteiger charge is -2.08. The maximum Gasteiger partial charge on any atom is 0.176 e. The lowest BCUT2D eigenvalue weighted by molar-refractivity contribution is 0.0993. The molecule has 1 aromatic rings. The SMILES string of the molecule is CNCC(=O)c1ccc(SC2CCCC2)cc1. The molecular weight excluding hydrogens is 230 g/mol. The molecule has 0 spiro atoms. The van der Waals surface area contributed by atoms with Gasteiger partial charge in [0.25, 0.3) is 0 Å². The van der Waals surface area contributed by atoms with Crippen molar-refractivity contribution >= 4 is 17.5 Å². The molecule has 0 aliphatic heterocycles. The van der Waals surface area contributed by atoms with Crippen molar-refractivity contribution in [3.8, 4) is 0 Å². The van der Waals surface area contributed by atoms with Gasteiger partial charge in [0.2, 0.25) is 0 Å². The molecule has 0 unspecified atom stereocenters. The van der Waals surface area contributed by atoms with Crippen LogP contribution in [0, 0.1) is 0 Å². The Bertz CT molecular complexity index is 368. The zero-order valence-electron chi connectivity index (χ0n) is 10.2. The van der Waals surface area contributed by atoms with E-state index >= 15 is 0 Å². The summed E-state index contributed by atoms with van der Waals surface area (Å²) in [6, 6.07) is 8.03. The molecule has 0 radical (unpaired) electrons. The van der Waals surface area contributed by atoms with Crippen LogP contribution >= 0.6 is 11.8 Å². The second kappa shape index (κ2) is 6.22. The van der Waals surface area contributed by atoms with E-state index in [9.17, 15) is 4.79 Å². The zero-order chi connectivity index (χ0) is 12.1. The maximum atomic E-state index is 11.6. The van der Waals surface area contributed by atoms with Gasteiger partial charge in [-0.25, -0.2) is 0 Å². The van der Waals surface area contributed by atoms with Gasteiger partial charge in [0, 0.05) is 15.7 Å². The standard InChI is InChI=1S/C14H19NOS/c1-15-10-14(16)11-6-8-13(9-7-11)17-12-4-2-3-5-12/h6-9,12,15H,2-5,10H2,1H3. The van der Waals surface area contributed by atoms with Gasteiger partial charge in [0.1, 0.15) is 0 Å². The average molecular weight is 249 g/mol. The molecule has 0 saturated heterocycles. The van der Waals surface area contributed by atoms with Crippen LogP contribution in [0.2, 0.25) is 0 Å². The molecule has 1 fully saturated rings. The summed E-state index contributed by atoms with van der Waals surface area (Å²) < 4.78 is 0. The Balaban J connectivity index is 1.94. The Morgan fingerprint density at radius 1 is 1.29 bits per heavy atom. The molecule has 0 aromatic heterocycles. The molecule has 92 valence electrons. The summed E-state index contributed by atoms with van der Waals surface area (Å²) in [4.78, 5) is 12.9. The quantitative estimate of drug-likeness (QED) is 0.813. The van der Waals surface area contributed by atoms with Crippen molar-refractivity contribution in [1.29, 1.82) is 0 Å². The number of benzene rings is 1. The molecule has 3 heteroatoms. The summed E-state index contributed by atoms with van der Waals surface area (Å²) in [5.74, 6) is 0.157. The van der Waals surface area contributed by atoms with E-state index < -0.39 is 0 Å². The van der Waals surface area contributed by atoms with Gasteiger partial charge in [0.05, 0.1) is 6.54 Å². The highest BCUT2D eigenvalue weighted by Crippen LogP contribution is 2.34. The lowest BCUT2D eigenvalue weighted by atomic mass is 10.1. The first kappa shape index (κ1) is 12.7. The van der Waals surface area contributed by atoms with Gasteiger partial charge in [-0.05, 0) is 32.0 Å². The van der Waals surface area contributed by atoms with Crippen molar-refractivity contribution in [3.05, 3.63) is 29.8 Å². The highest BCUT2D eigenvalue weighted by molar-refractivity contribution is 8.00.